The summed E-state index contributed by atoms with van der Waals surface area (Å²) >= 11 is 0. The molecule has 1 N–H and O–H groups in total. The molecule has 144 valence electrons. The maximum absolute atomic E-state index is 12.5. The minimum absolute atomic E-state index is 0.128. The maximum Gasteiger partial charge on any atom is 0.251 e. The number of nitrogens with one attached hydrogen (secondary N) is 1. The second kappa shape index (κ2) is 9.46. The number of piperidine rings is 1. The van der Waals surface area contributed by atoms with Gasteiger partial charge in [-0.2, -0.15) is 0 Å². The van der Waals surface area contributed by atoms with Gasteiger partial charge in [0.05, 0.1) is 12.3 Å². The summed E-state index contributed by atoms with van der Waals surface area (Å²) in [6.07, 6.45) is 3.10. The number of likely N-dealkylation sites (tertiary alicyclic amines) is 1. The highest BCUT2D eigenvalue weighted by Crippen LogP contribution is 2.25. The molecule has 2 heterocycles. The molecule has 1 aliphatic heterocycles. The number of amides is 1. The van der Waals surface area contributed by atoms with E-state index in [1.165, 1.54) is 0 Å². The van der Waals surface area contributed by atoms with Gasteiger partial charge in [-0.25, -0.2) is 4.98 Å². The first-order chi connectivity index (χ1) is 13.1. The zero-order chi connectivity index (χ0) is 19.1. The van der Waals surface area contributed by atoms with E-state index in [4.69, 9.17) is 4.74 Å². The molecule has 0 unspecified atom stereocenters. The van der Waals surface area contributed by atoms with Gasteiger partial charge in [-0.1, -0.05) is 30.3 Å². The molecular formula is C21H27N3O3. The number of benzene rings is 1. The summed E-state index contributed by atoms with van der Waals surface area (Å²) in [5, 5.41) is 0. The quantitative estimate of drug-likeness (QED) is 0.762. The van der Waals surface area contributed by atoms with Gasteiger partial charge in [-0.15, -0.1) is 0 Å². The molecule has 1 saturated heterocycles. The Bertz CT molecular complexity index is 804. The molecule has 1 aromatic carbocycles. The topological polar surface area (TPSA) is 75.3 Å². The molecule has 0 saturated carbocycles. The van der Waals surface area contributed by atoms with Crippen LogP contribution in [0.25, 0.3) is 0 Å². The highest BCUT2D eigenvalue weighted by Gasteiger charge is 2.25. The maximum atomic E-state index is 12.5. The summed E-state index contributed by atoms with van der Waals surface area (Å²) in [7, 11) is 0. The number of aromatic amines is 1. The van der Waals surface area contributed by atoms with Crippen molar-refractivity contribution in [2.75, 3.05) is 19.7 Å². The Hall–Kier alpha value is -2.47. The van der Waals surface area contributed by atoms with E-state index in [1.54, 1.807) is 13.0 Å². The standard InChI is InChI=1S/C21H27N3O3/c1-16-22-19(13-20(25)23-16)18-9-5-11-24(14-18)21(26)10-6-12-27-15-17-7-3-2-4-8-17/h2-4,7-8,13,18H,5-6,9-12,14-15H2,1H3,(H,22,23,25)/t18-/m1/s1. The summed E-state index contributed by atoms with van der Waals surface area (Å²) in [4.78, 5) is 33.2. The average Bonchev–Trinajstić information content (AvgIpc) is 2.68. The predicted molar refractivity (Wildman–Crippen MR) is 103 cm³/mol. The van der Waals surface area contributed by atoms with Crippen molar-refractivity contribution in [3.8, 4) is 0 Å². The second-order valence-electron chi connectivity index (χ2n) is 7.08. The summed E-state index contributed by atoms with van der Waals surface area (Å²) < 4.78 is 5.66. The van der Waals surface area contributed by atoms with Crippen LogP contribution >= 0.6 is 0 Å². The van der Waals surface area contributed by atoms with Crippen molar-refractivity contribution in [1.82, 2.24) is 14.9 Å². The molecule has 1 atom stereocenters. The van der Waals surface area contributed by atoms with Crippen LogP contribution in [0.15, 0.2) is 41.2 Å². The number of hydrogen-bond donors (Lipinski definition) is 1. The first-order valence-corrected chi connectivity index (χ1v) is 9.59. The van der Waals surface area contributed by atoms with Gasteiger partial charge in [-0.05, 0) is 31.7 Å². The lowest BCUT2D eigenvalue weighted by atomic mass is 9.94. The number of carbonyl (C=O) groups excluding carboxylic acids is 1. The third-order valence-electron chi connectivity index (χ3n) is 4.86. The van der Waals surface area contributed by atoms with Gasteiger partial charge >= 0.3 is 0 Å². The van der Waals surface area contributed by atoms with E-state index >= 15 is 0 Å². The number of hydrogen-bond acceptors (Lipinski definition) is 4. The van der Waals surface area contributed by atoms with Gasteiger partial charge in [0.15, 0.2) is 0 Å². The van der Waals surface area contributed by atoms with Gasteiger partial charge in [0, 0.05) is 38.1 Å². The van der Waals surface area contributed by atoms with Crippen molar-refractivity contribution >= 4 is 5.91 Å². The van der Waals surface area contributed by atoms with E-state index in [1.807, 2.05) is 35.2 Å². The van der Waals surface area contributed by atoms with Gasteiger partial charge < -0.3 is 14.6 Å². The molecule has 2 aromatic rings. The molecule has 1 aromatic heterocycles. The van der Waals surface area contributed by atoms with Gasteiger partial charge in [0.2, 0.25) is 5.91 Å². The molecule has 0 bridgehead atoms. The minimum atomic E-state index is -0.128. The Kier molecular flexibility index (Phi) is 6.76. The van der Waals surface area contributed by atoms with E-state index < -0.39 is 0 Å². The van der Waals surface area contributed by atoms with Crippen LogP contribution in [0.4, 0.5) is 0 Å². The average molecular weight is 369 g/mol. The third kappa shape index (κ3) is 5.76. The van der Waals surface area contributed by atoms with Crippen LogP contribution in [-0.4, -0.2) is 40.5 Å². The van der Waals surface area contributed by atoms with Gasteiger partial charge in [0.25, 0.3) is 5.56 Å². The lowest BCUT2D eigenvalue weighted by Crippen LogP contribution is -2.39. The number of nitrogens with zero attached hydrogens (tertiary/aromatic N) is 2. The molecule has 27 heavy (non-hydrogen) atoms. The Morgan fingerprint density at radius 3 is 2.93 bits per heavy atom. The number of aryl methyl sites for hydroxylation is 1. The summed E-state index contributed by atoms with van der Waals surface area (Å²) in [5.41, 5.74) is 1.81. The number of ether oxygens (including phenoxy) is 1. The minimum Gasteiger partial charge on any atom is -0.377 e. The van der Waals surface area contributed by atoms with E-state index in [-0.39, 0.29) is 17.4 Å². The van der Waals surface area contributed by atoms with Crippen LogP contribution in [0.2, 0.25) is 0 Å². The van der Waals surface area contributed by atoms with Crippen molar-refractivity contribution in [3.05, 3.63) is 63.8 Å². The highest BCUT2D eigenvalue weighted by atomic mass is 16.5. The molecule has 0 spiro atoms. The Balaban J connectivity index is 1.43. The van der Waals surface area contributed by atoms with Crippen molar-refractivity contribution < 1.29 is 9.53 Å². The van der Waals surface area contributed by atoms with Crippen LogP contribution in [0.3, 0.4) is 0 Å². The van der Waals surface area contributed by atoms with Crippen molar-refractivity contribution in [3.63, 3.8) is 0 Å². The fourth-order valence-corrected chi connectivity index (χ4v) is 3.50. The normalized spacial score (nSPS) is 17.1. The molecule has 1 aliphatic rings. The number of carbonyl (C=O) groups is 1. The molecule has 0 radical (unpaired) electrons. The second-order valence-corrected chi connectivity index (χ2v) is 7.08. The molecule has 6 nitrogen and oxygen atoms in total. The number of H-pyrrole nitrogens is 1. The fourth-order valence-electron chi connectivity index (χ4n) is 3.50. The summed E-state index contributed by atoms with van der Waals surface area (Å²) in [6, 6.07) is 11.6. The lowest BCUT2D eigenvalue weighted by Gasteiger charge is -2.32. The summed E-state index contributed by atoms with van der Waals surface area (Å²) in [5.74, 6) is 0.916. The van der Waals surface area contributed by atoms with Crippen LogP contribution in [-0.2, 0) is 16.1 Å². The monoisotopic (exact) mass is 369 g/mol. The smallest absolute Gasteiger partial charge is 0.251 e. The van der Waals surface area contributed by atoms with Gasteiger partial charge in [0.1, 0.15) is 5.82 Å². The Morgan fingerprint density at radius 2 is 2.15 bits per heavy atom. The molecule has 6 heteroatoms. The first-order valence-electron chi connectivity index (χ1n) is 9.59. The Labute approximate surface area is 159 Å². The van der Waals surface area contributed by atoms with E-state index in [0.717, 1.165) is 37.1 Å². The van der Waals surface area contributed by atoms with Crippen LogP contribution in [0, 0.1) is 6.92 Å². The largest absolute Gasteiger partial charge is 0.377 e. The number of aromatic nitrogens is 2. The molecule has 1 amide bonds. The zero-order valence-corrected chi connectivity index (χ0v) is 15.8. The van der Waals surface area contributed by atoms with Gasteiger partial charge in [-0.3, -0.25) is 9.59 Å². The lowest BCUT2D eigenvalue weighted by molar-refractivity contribution is -0.132. The van der Waals surface area contributed by atoms with E-state index in [0.29, 0.717) is 32.0 Å². The van der Waals surface area contributed by atoms with Crippen LogP contribution < -0.4 is 5.56 Å². The molecular weight excluding hydrogens is 342 g/mol. The highest BCUT2D eigenvalue weighted by molar-refractivity contribution is 5.76. The fraction of sp³-hybridized carbons (Fsp3) is 0.476. The number of rotatable bonds is 7. The first kappa shape index (κ1) is 19.3. The van der Waals surface area contributed by atoms with E-state index in [9.17, 15) is 9.59 Å². The van der Waals surface area contributed by atoms with E-state index in [2.05, 4.69) is 9.97 Å². The third-order valence-corrected chi connectivity index (χ3v) is 4.86. The summed E-state index contributed by atoms with van der Waals surface area (Å²) in [6.45, 7) is 4.36. The van der Waals surface area contributed by atoms with Crippen molar-refractivity contribution in [1.29, 1.82) is 0 Å². The SMILES string of the molecule is Cc1nc([C@@H]2CCCN(C(=O)CCCOCc3ccccc3)C2)cc(=O)[nH]1. The van der Waals surface area contributed by atoms with Crippen LogP contribution in [0.5, 0.6) is 0 Å². The van der Waals surface area contributed by atoms with Crippen molar-refractivity contribution in [2.45, 2.75) is 45.1 Å². The predicted octanol–water partition coefficient (Wildman–Crippen LogP) is 2.78. The Morgan fingerprint density at radius 1 is 1.33 bits per heavy atom. The molecule has 1 fully saturated rings. The molecule has 3 rings (SSSR count). The molecule has 0 aliphatic carbocycles. The van der Waals surface area contributed by atoms with Crippen LogP contribution in [0.1, 0.15) is 48.7 Å². The zero-order valence-electron chi connectivity index (χ0n) is 15.8. The van der Waals surface area contributed by atoms with Crippen molar-refractivity contribution in [2.24, 2.45) is 0 Å².